The minimum Gasteiger partial charge on any atom is -0.497 e. The molecule has 27 heavy (non-hydrogen) atoms. The van der Waals surface area contributed by atoms with Crippen LogP contribution in [0.3, 0.4) is 0 Å². The van der Waals surface area contributed by atoms with Crippen molar-refractivity contribution in [2.75, 3.05) is 14.2 Å². The first-order chi connectivity index (χ1) is 12.9. The monoisotopic (exact) mass is 376 g/mol. The molecule has 140 valence electrons. The zero-order chi connectivity index (χ0) is 19.4. The molecule has 5 nitrogen and oxygen atoms in total. The largest absolute Gasteiger partial charge is 0.497 e. The van der Waals surface area contributed by atoms with E-state index < -0.39 is 11.7 Å². The predicted octanol–water partition coefficient (Wildman–Crippen LogP) is 4.97. The molecule has 0 fully saturated rings. The molecule has 2 heterocycles. The van der Waals surface area contributed by atoms with Crippen molar-refractivity contribution in [2.24, 2.45) is 0 Å². The van der Waals surface area contributed by atoms with Crippen LogP contribution in [-0.4, -0.2) is 24.2 Å². The number of halogens is 3. The van der Waals surface area contributed by atoms with Crippen molar-refractivity contribution in [3.63, 3.8) is 0 Å². The number of pyridine rings is 2. The first kappa shape index (κ1) is 18.5. The van der Waals surface area contributed by atoms with Gasteiger partial charge in [-0.2, -0.15) is 13.2 Å². The van der Waals surface area contributed by atoms with Crippen LogP contribution in [0.25, 0.3) is 11.1 Å². The van der Waals surface area contributed by atoms with Crippen molar-refractivity contribution in [1.82, 2.24) is 9.97 Å². The van der Waals surface area contributed by atoms with Crippen LogP contribution in [0.4, 0.5) is 13.2 Å². The van der Waals surface area contributed by atoms with Crippen LogP contribution in [0.1, 0.15) is 5.56 Å². The maximum absolute atomic E-state index is 13.1. The van der Waals surface area contributed by atoms with Crippen molar-refractivity contribution < 1.29 is 27.4 Å². The summed E-state index contributed by atoms with van der Waals surface area (Å²) in [6.45, 7) is 0. The van der Waals surface area contributed by atoms with E-state index in [1.807, 2.05) is 0 Å². The highest BCUT2D eigenvalue weighted by atomic mass is 19.4. The molecule has 0 aliphatic carbocycles. The van der Waals surface area contributed by atoms with Gasteiger partial charge in [0.2, 0.25) is 11.8 Å². The van der Waals surface area contributed by atoms with Gasteiger partial charge in [0.1, 0.15) is 11.5 Å². The number of hydrogen-bond acceptors (Lipinski definition) is 5. The van der Waals surface area contributed by atoms with Gasteiger partial charge in [0.05, 0.1) is 19.8 Å². The molecule has 0 aliphatic heterocycles. The van der Waals surface area contributed by atoms with Gasteiger partial charge in [-0.05, 0) is 35.9 Å². The molecular weight excluding hydrogens is 361 g/mol. The molecule has 0 amide bonds. The maximum Gasteiger partial charge on any atom is 0.416 e. The van der Waals surface area contributed by atoms with Crippen LogP contribution in [-0.2, 0) is 6.18 Å². The van der Waals surface area contributed by atoms with Gasteiger partial charge < -0.3 is 14.2 Å². The minimum absolute atomic E-state index is 0.0305. The Hall–Kier alpha value is -3.29. The summed E-state index contributed by atoms with van der Waals surface area (Å²) in [6.07, 6.45) is -1.49. The first-order valence-corrected chi connectivity index (χ1v) is 7.80. The van der Waals surface area contributed by atoms with E-state index in [0.29, 0.717) is 17.0 Å². The van der Waals surface area contributed by atoms with E-state index in [2.05, 4.69) is 9.97 Å². The highest BCUT2D eigenvalue weighted by Gasteiger charge is 2.32. The second-order valence-corrected chi connectivity index (χ2v) is 5.44. The Kier molecular flexibility index (Phi) is 5.16. The van der Waals surface area contributed by atoms with E-state index in [-0.39, 0.29) is 17.4 Å². The lowest BCUT2D eigenvalue weighted by molar-refractivity contribution is -0.137. The summed E-state index contributed by atoms with van der Waals surface area (Å²) in [6, 6.07) is 9.99. The lowest BCUT2D eigenvalue weighted by atomic mass is 10.1. The second-order valence-electron chi connectivity index (χ2n) is 5.44. The molecule has 0 bridgehead atoms. The van der Waals surface area contributed by atoms with Gasteiger partial charge in [-0.3, -0.25) is 0 Å². The number of nitrogens with zero attached hydrogens (tertiary/aromatic N) is 2. The number of hydrogen-bond donors (Lipinski definition) is 0. The predicted molar refractivity (Wildman–Crippen MR) is 92.1 cm³/mol. The van der Waals surface area contributed by atoms with Gasteiger partial charge in [0.25, 0.3) is 0 Å². The van der Waals surface area contributed by atoms with E-state index in [1.165, 1.54) is 26.5 Å². The number of ether oxygens (including phenoxy) is 3. The molecule has 0 spiro atoms. The van der Waals surface area contributed by atoms with Crippen LogP contribution < -0.4 is 14.2 Å². The number of alkyl halides is 3. The molecule has 0 unspecified atom stereocenters. The summed E-state index contributed by atoms with van der Waals surface area (Å²) in [5.41, 5.74) is 0.401. The quantitative estimate of drug-likeness (QED) is 0.629. The smallest absolute Gasteiger partial charge is 0.416 e. The van der Waals surface area contributed by atoms with Crippen molar-refractivity contribution in [2.45, 2.75) is 6.18 Å². The summed E-state index contributed by atoms with van der Waals surface area (Å²) in [5.74, 6) is 0.528. The average molecular weight is 376 g/mol. The molecule has 3 rings (SSSR count). The van der Waals surface area contributed by atoms with Gasteiger partial charge >= 0.3 is 6.18 Å². The lowest BCUT2D eigenvalue weighted by Crippen LogP contribution is -2.05. The molecular formula is C19H15F3N2O3. The number of benzene rings is 1. The Morgan fingerprint density at radius 2 is 1.63 bits per heavy atom. The number of aromatic nitrogens is 2. The molecule has 0 radical (unpaired) electrons. The molecule has 0 saturated carbocycles. The summed E-state index contributed by atoms with van der Waals surface area (Å²) in [4.78, 5) is 8.18. The fourth-order valence-electron chi connectivity index (χ4n) is 2.40. The standard InChI is InChI=1S/C19H15F3N2O3/c1-25-14-9-13(19(20,21)22)10-15(11-14)27-18-16(4-3-6-24-18)12-5-7-23-17(8-12)26-2/h3-11H,1-2H3. The van der Waals surface area contributed by atoms with Crippen molar-refractivity contribution >= 4 is 0 Å². The summed E-state index contributed by atoms with van der Waals surface area (Å²) in [5, 5.41) is 0. The molecule has 2 aromatic heterocycles. The van der Waals surface area contributed by atoms with E-state index in [4.69, 9.17) is 14.2 Å². The van der Waals surface area contributed by atoms with Gasteiger partial charge in [0.15, 0.2) is 0 Å². The Morgan fingerprint density at radius 3 is 2.33 bits per heavy atom. The normalized spacial score (nSPS) is 11.1. The van der Waals surface area contributed by atoms with E-state index in [9.17, 15) is 13.2 Å². The molecule has 3 aromatic rings. The fraction of sp³-hybridized carbons (Fsp3) is 0.158. The van der Waals surface area contributed by atoms with Crippen molar-refractivity contribution in [3.05, 3.63) is 60.4 Å². The third-order valence-electron chi connectivity index (χ3n) is 3.68. The zero-order valence-electron chi connectivity index (χ0n) is 14.4. The van der Waals surface area contributed by atoms with Crippen LogP contribution in [0.5, 0.6) is 23.3 Å². The highest BCUT2D eigenvalue weighted by Crippen LogP contribution is 2.38. The Labute approximate surface area is 153 Å². The number of methoxy groups -OCH3 is 2. The van der Waals surface area contributed by atoms with Crippen LogP contribution in [0.15, 0.2) is 54.9 Å². The van der Waals surface area contributed by atoms with Gasteiger partial charge in [-0.1, -0.05) is 0 Å². The fourth-order valence-corrected chi connectivity index (χ4v) is 2.40. The Balaban J connectivity index is 2.02. The first-order valence-electron chi connectivity index (χ1n) is 7.80. The average Bonchev–Trinajstić information content (AvgIpc) is 2.67. The van der Waals surface area contributed by atoms with E-state index in [0.717, 1.165) is 12.1 Å². The van der Waals surface area contributed by atoms with Crippen LogP contribution in [0, 0.1) is 0 Å². The van der Waals surface area contributed by atoms with Gasteiger partial charge in [-0.15, -0.1) is 0 Å². The van der Waals surface area contributed by atoms with E-state index >= 15 is 0 Å². The summed E-state index contributed by atoms with van der Waals surface area (Å²) < 4.78 is 55.0. The molecule has 0 saturated heterocycles. The molecule has 0 aliphatic rings. The summed E-state index contributed by atoms with van der Waals surface area (Å²) in [7, 11) is 2.77. The van der Waals surface area contributed by atoms with Crippen molar-refractivity contribution in [1.29, 1.82) is 0 Å². The maximum atomic E-state index is 13.1. The van der Waals surface area contributed by atoms with Crippen LogP contribution in [0.2, 0.25) is 0 Å². The Bertz CT molecular complexity index is 945. The molecule has 0 atom stereocenters. The van der Waals surface area contributed by atoms with E-state index in [1.54, 1.807) is 30.5 Å². The SMILES string of the molecule is COc1cc(Oc2ncccc2-c2ccnc(OC)c2)cc(C(F)(F)F)c1. The van der Waals surface area contributed by atoms with Crippen LogP contribution >= 0.6 is 0 Å². The third kappa shape index (κ3) is 4.28. The second kappa shape index (κ2) is 7.53. The number of rotatable bonds is 5. The summed E-state index contributed by atoms with van der Waals surface area (Å²) >= 11 is 0. The molecule has 0 N–H and O–H groups in total. The molecule has 8 heteroatoms. The lowest BCUT2D eigenvalue weighted by Gasteiger charge is -2.14. The highest BCUT2D eigenvalue weighted by molar-refractivity contribution is 5.69. The third-order valence-corrected chi connectivity index (χ3v) is 3.68. The van der Waals surface area contributed by atoms with Gasteiger partial charge in [0, 0.05) is 30.1 Å². The van der Waals surface area contributed by atoms with Gasteiger partial charge in [-0.25, -0.2) is 9.97 Å². The Morgan fingerprint density at radius 1 is 0.852 bits per heavy atom. The zero-order valence-corrected chi connectivity index (χ0v) is 14.4. The molecule has 1 aromatic carbocycles. The van der Waals surface area contributed by atoms with Crippen molar-refractivity contribution in [3.8, 4) is 34.4 Å². The topological polar surface area (TPSA) is 53.5 Å². The minimum atomic E-state index is -4.53.